The van der Waals surface area contributed by atoms with Crippen molar-refractivity contribution in [3.05, 3.63) is 50.6 Å². The van der Waals surface area contributed by atoms with Crippen molar-refractivity contribution in [1.29, 1.82) is 0 Å². The van der Waals surface area contributed by atoms with Crippen molar-refractivity contribution in [2.24, 2.45) is 0 Å². The first-order chi connectivity index (χ1) is 8.16. The van der Waals surface area contributed by atoms with E-state index in [-0.39, 0.29) is 5.56 Å². The first kappa shape index (κ1) is 12.1. The average Bonchev–Trinajstić information content (AvgIpc) is 2.78. The van der Waals surface area contributed by atoms with Gasteiger partial charge in [0.25, 0.3) is 0 Å². The number of halogens is 1. The van der Waals surface area contributed by atoms with Crippen LogP contribution in [0.5, 0.6) is 5.75 Å². The highest BCUT2D eigenvalue weighted by Crippen LogP contribution is 2.24. The first-order valence-corrected chi connectivity index (χ1v) is 6.52. The molecule has 5 heteroatoms. The standard InChI is InChI=1S/C12H9BrO3S/c13-11-6-8(3-4-10(11)12(14)15)16-7-9-2-1-5-17-9/h1-6H,7H2,(H,14,15). The number of thiophene rings is 1. The molecule has 0 spiro atoms. The van der Waals surface area contributed by atoms with Crippen LogP contribution in [-0.2, 0) is 6.61 Å². The van der Waals surface area contributed by atoms with Crippen LogP contribution < -0.4 is 4.74 Å². The number of benzene rings is 1. The van der Waals surface area contributed by atoms with Gasteiger partial charge in [0.1, 0.15) is 12.4 Å². The van der Waals surface area contributed by atoms with Crippen LogP contribution in [0, 0.1) is 0 Å². The average molecular weight is 313 g/mol. The Morgan fingerprint density at radius 3 is 2.82 bits per heavy atom. The monoisotopic (exact) mass is 312 g/mol. The highest BCUT2D eigenvalue weighted by molar-refractivity contribution is 9.10. The molecule has 0 bridgehead atoms. The molecule has 2 rings (SSSR count). The fraction of sp³-hybridized carbons (Fsp3) is 0.0833. The molecule has 0 amide bonds. The molecule has 1 N–H and O–H groups in total. The summed E-state index contributed by atoms with van der Waals surface area (Å²) in [6, 6.07) is 8.80. The lowest BCUT2D eigenvalue weighted by Gasteiger charge is -2.06. The maximum atomic E-state index is 10.8. The highest BCUT2D eigenvalue weighted by atomic mass is 79.9. The molecule has 1 aromatic heterocycles. The summed E-state index contributed by atoms with van der Waals surface area (Å²) in [5.41, 5.74) is 0.230. The lowest BCUT2D eigenvalue weighted by molar-refractivity contribution is 0.0696. The van der Waals surface area contributed by atoms with E-state index in [0.29, 0.717) is 16.8 Å². The smallest absolute Gasteiger partial charge is 0.336 e. The van der Waals surface area contributed by atoms with Gasteiger partial charge >= 0.3 is 5.97 Å². The van der Waals surface area contributed by atoms with E-state index >= 15 is 0 Å². The molecule has 3 nitrogen and oxygen atoms in total. The molecule has 2 aromatic rings. The van der Waals surface area contributed by atoms with E-state index in [9.17, 15) is 4.79 Å². The molecule has 1 aromatic carbocycles. The van der Waals surface area contributed by atoms with Crippen LogP contribution in [0.1, 0.15) is 15.2 Å². The Kier molecular flexibility index (Phi) is 3.81. The van der Waals surface area contributed by atoms with Crippen molar-refractivity contribution in [1.82, 2.24) is 0 Å². The zero-order valence-corrected chi connectivity index (χ0v) is 11.1. The summed E-state index contributed by atoms with van der Waals surface area (Å²) in [5.74, 6) is -0.308. The summed E-state index contributed by atoms with van der Waals surface area (Å²) in [5, 5.41) is 10.9. The molecule has 0 aliphatic rings. The van der Waals surface area contributed by atoms with Gasteiger partial charge in [-0.1, -0.05) is 6.07 Å². The van der Waals surface area contributed by atoms with Crippen LogP contribution >= 0.6 is 27.3 Å². The van der Waals surface area contributed by atoms with Crippen molar-refractivity contribution in [3.63, 3.8) is 0 Å². The lowest BCUT2D eigenvalue weighted by atomic mass is 10.2. The van der Waals surface area contributed by atoms with Gasteiger partial charge in [0, 0.05) is 9.35 Å². The number of carboxylic acid groups (broad SMARTS) is 1. The van der Waals surface area contributed by atoms with Gasteiger partial charge in [-0.2, -0.15) is 0 Å². The summed E-state index contributed by atoms with van der Waals surface area (Å²) in [6.07, 6.45) is 0. The Hall–Kier alpha value is -1.33. The number of rotatable bonds is 4. The number of hydrogen-bond donors (Lipinski definition) is 1. The summed E-state index contributed by atoms with van der Waals surface area (Å²) < 4.78 is 6.08. The van der Waals surface area contributed by atoms with Gasteiger partial charge in [0.15, 0.2) is 0 Å². The fourth-order valence-corrected chi connectivity index (χ4v) is 2.45. The van der Waals surface area contributed by atoms with E-state index in [1.54, 1.807) is 23.5 Å². The summed E-state index contributed by atoms with van der Waals surface area (Å²) in [7, 11) is 0. The SMILES string of the molecule is O=C(O)c1ccc(OCc2cccs2)cc1Br. The van der Waals surface area contributed by atoms with Crippen molar-refractivity contribution >= 4 is 33.2 Å². The Morgan fingerprint density at radius 1 is 1.41 bits per heavy atom. The minimum absolute atomic E-state index is 0.230. The van der Waals surface area contributed by atoms with Gasteiger partial charge in [-0.25, -0.2) is 4.79 Å². The van der Waals surface area contributed by atoms with Crippen molar-refractivity contribution < 1.29 is 14.6 Å². The second kappa shape index (κ2) is 5.33. The molecule has 0 atom stereocenters. The van der Waals surface area contributed by atoms with Crippen molar-refractivity contribution in [2.75, 3.05) is 0 Å². The van der Waals surface area contributed by atoms with Crippen LogP contribution in [0.2, 0.25) is 0 Å². The third kappa shape index (κ3) is 3.08. The summed E-state index contributed by atoms with van der Waals surface area (Å²) >= 11 is 4.83. The van der Waals surface area contributed by atoms with E-state index < -0.39 is 5.97 Å². The maximum absolute atomic E-state index is 10.8. The zero-order chi connectivity index (χ0) is 12.3. The molecule has 0 fully saturated rings. The molecule has 0 radical (unpaired) electrons. The minimum atomic E-state index is -0.957. The topological polar surface area (TPSA) is 46.5 Å². The zero-order valence-electron chi connectivity index (χ0n) is 8.72. The van der Waals surface area contributed by atoms with Gasteiger partial charge in [-0.05, 0) is 45.6 Å². The Morgan fingerprint density at radius 2 is 2.24 bits per heavy atom. The maximum Gasteiger partial charge on any atom is 0.336 e. The summed E-state index contributed by atoms with van der Waals surface area (Å²) in [6.45, 7) is 0.497. The fourth-order valence-electron chi connectivity index (χ4n) is 1.31. The number of aromatic carboxylic acids is 1. The third-order valence-corrected chi connectivity index (χ3v) is 3.64. The number of ether oxygens (including phenoxy) is 1. The van der Waals surface area contributed by atoms with Crippen molar-refractivity contribution in [3.8, 4) is 5.75 Å². The van der Waals surface area contributed by atoms with Gasteiger partial charge in [-0.3, -0.25) is 0 Å². The molecular weight excluding hydrogens is 304 g/mol. The normalized spacial score (nSPS) is 10.2. The molecule has 88 valence electrons. The van der Waals surface area contributed by atoms with Crippen molar-refractivity contribution in [2.45, 2.75) is 6.61 Å². The van der Waals surface area contributed by atoms with E-state index in [4.69, 9.17) is 9.84 Å². The second-order valence-corrected chi connectivity index (χ2v) is 5.20. The molecule has 0 saturated heterocycles. The van der Waals surface area contributed by atoms with E-state index in [1.807, 2.05) is 17.5 Å². The van der Waals surface area contributed by atoms with Crippen LogP contribution in [0.25, 0.3) is 0 Å². The van der Waals surface area contributed by atoms with Crippen LogP contribution in [0.4, 0.5) is 0 Å². The second-order valence-electron chi connectivity index (χ2n) is 3.31. The van der Waals surface area contributed by atoms with Gasteiger partial charge in [0.2, 0.25) is 0 Å². The number of carbonyl (C=O) groups is 1. The van der Waals surface area contributed by atoms with Gasteiger partial charge in [-0.15, -0.1) is 11.3 Å². The largest absolute Gasteiger partial charge is 0.488 e. The molecule has 0 aliphatic carbocycles. The predicted molar refractivity (Wildman–Crippen MR) is 69.8 cm³/mol. The van der Waals surface area contributed by atoms with Crippen LogP contribution in [0.15, 0.2) is 40.2 Å². The molecular formula is C12H9BrO3S. The van der Waals surface area contributed by atoms with Gasteiger partial charge < -0.3 is 9.84 Å². The lowest BCUT2D eigenvalue weighted by Crippen LogP contribution is -1.99. The summed E-state index contributed by atoms with van der Waals surface area (Å²) in [4.78, 5) is 11.9. The highest BCUT2D eigenvalue weighted by Gasteiger charge is 2.08. The first-order valence-electron chi connectivity index (χ1n) is 4.85. The molecule has 1 heterocycles. The molecule has 0 unspecified atom stereocenters. The molecule has 0 saturated carbocycles. The van der Waals surface area contributed by atoms with E-state index in [0.717, 1.165) is 4.88 Å². The van der Waals surface area contributed by atoms with Crippen LogP contribution in [0.3, 0.4) is 0 Å². The number of carboxylic acids is 1. The Balaban J connectivity index is 2.07. The van der Waals surface area contributed by atoms with Crippen LogP contribution in [-0.4, -0.2) is 11.1 Å². The molecule has 0 aliphatic heterocycles. The van der Waals surface area contributed by atoms with Gasteiger partial charge in [0.05, 0.1) is 5.56 Å². The van der Waals surface area contributed by atoms with E-state index in [2.05, 4.69) is 15.9 Å². The third-order valence-electron chi connectivity index (χ3n) is 2.13. The Bertz CT molecular complexity index is 523. The Labute approximate surface area is 111 Å². The minimum Gasteiger partial charge on any atom is -0.488 e. The predicted octanol–water partition coefficient (Wildman–Crippen LogP) is 3.79. The quantitative estimate of drug-likeness (QED) is 0.934. The number of hydrogen-bond acceptors (Lipinski definition) is 3. The molecule has 17 heavy (non-hydrogen) atoms. The van der Waals surface area contributed by atoms with E-state index in [1.165, 1.54) is 6.07 Å².